The minimum atomic E-state index is -0.261. The topological polar surface area (TPSA) is 185 Å². The van der Waals surface area contributed by atoms with E-state index in [0.717, 1.165) is 130 Å². The van der Waals surface area contributed by atoms with Crippen molar-refractivity contribution in [3.63, 3.8) is 0 Å². The number of aryl methyl sites for hydroxylation is 2. The number of rotatable bonds is 21. The van der Waals surface area contributed by atoms with Gasteiger partial charge in [0.15, 0.2) is 17.3 Å². The second-order valence-corrected chi connectivity index (χ2v) is 23.6. The molecule has 15 nitrogen and oxygen atoms in total. The maximum Gasteiger partial charge on any atom is 0.161 e. The molecule has 1 aliphatic carbocycles. The van der Waals surface area contributed by atoms with Crippen molar-refractivity contribution in [2.75, 3.05) is 52.4 Å². The van der Waals surface area contributed by atoms with Crippen LogP contribution in [0.1, 0.15) is 103 Å². The Morgan fingerprint density at radius 3 is 1.81 bits per heavy atom. The summed E-state index contributed by atoms with van der Waals surface area (Å²) in [5.74, 6) is 1.44. The van der Waals surface area contributed by atoms with Crippen molar-refractivity contribution in [1.82, 2.24) is 75.4 Å². The lowest BCUT2D eigenvalue weighted by Crippen LogP contribution is -2.23. The van der Waals surface area contributed by atoms with Gasteiger partial charge in [0, 0.05) is 41.5 Å². The van der Waals surface area contributed by atoms with Crippen LogP contribution >= 0.6 is 0 Å². The van der Waals surface area contributed by atoms with E-state index in [-0.39, 0.29) is 11.6 Å². The van der Waals surface area contributed by atoms with Gasteiger partial charge in [-0.3, -0.25) is 25.1 Å². The highest BCUT2D eigenvalue weighted by molar-refractivity contribution is 5.95. The number of likely N-dealkylation sites (tertiary alicyclic amines) is 2. The molecule has 10 aromatic rings. The molecular formula is C73H83F2N15. The summed E-state index contributed by atoms with van der Waals surface area (Å²) in [5, 5.41) is 20.4. The maximum atomic E-state index is 14.8. The molecule has 1 saturated carbocycles. The first-order valence-electron chi connectivity index (χ1n) is 32.3. The second kappa shape index (κ2) is 30.1. The number of aromatic nitrogens is 12. The van der Waals surface area contributed by atoms with Gasteiger partial charge in [-0.2, -0.15) is 10.2 Å². The van der Waals surface area contributed by atoms with Gasteiger partial charge in [0.2, 0.25) is 0 Å². The molecule has 0 radical (unpaired) electrons. The molecule has 3 aliphatic rings. The molecule has 2 aliphatic heterocycles. The Labute approximate surface area is 525 Å². The van der Waals surface area contributed by atoms with E-state index in [2.05, 4.69) is 106 Å². The van der Waals surface area contributed by atoms with Gasteiger partial charge in [-0.05, 0) is 237 Å². The fourth-order valence-corrected chi connectivity index (χ4v) is 12.6. The van der Waals surface area contributed by atoms with Gasteiger partial charge in [-0.25, -0.2) is 23.7 Å². The van der Waals surface area contributed by atoms with Crippen molar-refractivity contribution < 1.29 is 8.78 Å². The van der Waals surface area contributed by atoms with Crippen LogP contribution in [0.25, 0.3) is 103 Å². The first kappa shape index (κ1) is 62.7. The van der Waals surface area contributed by atoms with Crippen LogP contribution < -0.4 is 15.9 Å². The molecule has 5 N–H and O–H groups in total. The van der Waals surface area contributed by atoms with Crippen LogP contribution in [0, 0.1) is 17.6 Å². The lowest BCUT2D eigenvalue weighted by molar-refractivity contribution is 0.334. The molecule has 17 heteroatoms. The Balaban J connectivity index is 0.000000184. The van der Waals surface area contributed by atoms with Crippen LogP contribution in [-0.4, -0.2) is 122 Å². The molecule has 10 heterocycles. The summed E-state index contributed by atoms with van der Waals surface area (Å²) in [5.41, 5.74) is 15.3. The van der Waals surface area contributed by atoms with Crippen molar-refractivity contribution in [3.8, 4) is 56.9 Å². The van der Waals surface area contributed by atoms with Crippen LogP contribution in [0.3, 0.4) is 0 Å². The molecular weight excluding hydrogens is 1120 g/mol. The van der Waals surface area contributed by atoms with Crippen molar-refractivity contribution in [3.05, 3.63) is 178 Å². The molecule has 0 atom stereocenters. The summed E-state index contributed by atoms with van der Waals surface area (Å²) >= 11 is 0. The number of halogens is 2. The highest BCUT2D eigenvalue weighted by atomic mass is 19.1. The van der Waals surface area contributed by atoms with Gasteiger partial charge in [0.05, 0.1) is 44.7 Å². The van der Waals surface area contributed by atoms with Gasteiger partial charge in [0.25, 0.3) is 0 Å². The number of hydrogen-bond acceptors (Lipinski definition) is 11. The molecule has 8 aromatic heterocycles. The van der Waals surface area contributed by atoms with E-state index in [1.807, 2.05) is 80.6 Å². The van der Waals surface area contributed by atoms with E-state index in [1.54, 1.807) is 36.8 Å². The molecule has 0 amide bonds. The normalized spacial score (nSPS) is 15.5. The molecule has 13 rings (SSSR count). The van der Waals surface area contributed by atoms with Crippen LogP contribution in [0.15, 0.2) is 145 Å². The molecule has 0 bridgehead atoms. The van der Waals surface area contributed by atoms with Crippen molar-refractivity contribution >= 4 is 45.8 Å². The Morgan fingerprint density at radius 1 is 0.644 bits per heavy atom. The number of pyridine rings is 4. The first-order valence-corrected chi connectivity index (χ1v) is 32.3. The molecule has 90 heavy (non-hydrogen) atoms. The monoisotopic (exact) mass is 1210 g/mol. The Hall–Kier alpha value is -8.90. The van der Waals surface area contributed by atoms with Crippen LogP contribution in [-0.2, 0) is 12.8 Å². The zero-order valence-electron chi connectivity index (χ0n) is 52.5. The fourth-order valence-electron chi connectivity index (χ4n) is 12.6. The number of allylic oxidation sites excluding steroid dienone is 5. The van der Waals surface area contributed by atoms with Crippen molar-refractivity contribution in [2.24, 2.45) is 5.92 Å². The van der Waals surface area contributed by atoms with Crippen LogP contribution in [0.5, 0.6) is 0 Å². The third-order valence-corrected chi connectivity index (χ3v) is 17.3. The average molecular weight is 1210 g/mol. The molecule has 0 unspecified atom stereocenters. The van der Waals surface area contributed by atoms with Crippen LogP contribution in [0.4, 0.5) is 8.78 Å². The van der Waals surface area contributed by atoms with Gasteiger partial charge < -0.3 is 25.1 Å². The van der Waals surface area contributed by atoms with E-state index in [0.29, 0.717) is 51.0 Å². The first-order chi connectivity index (χ1) is 44.1. The van der Waals surface area contributed by atoms with Crippen molar-refractivity contribution in [2.45, 2.75) is 105 Å². The zero-order valence-corrected chi connectivity index (χ0v) is 52.5. The number of aromatic amines is 4. The fraction of sp³-hybridized carbons (Fsp3) is 0.342. The van der Waals surface area contributed by atoms with E-state index >= 15 is 0 Å². The lowest BCUT2D eigenvalue weighted by atomic mass is 10.0. The van der Waals surface area contributed by atoms with Gasteiger partial charge >= 0.3 is 0 Å². The number of imidazole rings is 2. The Bertz CT molecular complexity index is 4280. The summed E-state index contributed by atoms with van der Waals surface area (Å²) in [7, 11) is 0. The summed E-state index contributed by atoms with van der Waals surface area (Å²) in [4.78, 5) is 40.0. The summed E-state index contributed by atoms with van der Waals surface area (Å²) in [6.45, 7) is 25.2. The largest absolute Gasteiger partial charge is 0.336 e. The highest BCUT2D eigenvalue weighted by Gasteiger charge is 2.21. The van der Waals surface area contributed by atoms with Gasteiger partial charge in [0.1, 0.15) is 33.9 Å². The number of hydrogen-bond donors (Lipinski definition) is 5. The van der Waals surface area contributed by atoms with Gasteiger partial charge in [-0.1, -0.05) is 70.2 Å². The summed E-state index contributed by atoms with van der Waals surface area (Å²) in [6.07, 6.45) is 29.7. The van der Waals surface area contributed by atoms with Crippen LogP contribution in [0.2, 0.25) is 0 Å². The summed E-state index contributed by atoms with van der Waals surface area (Å²) < 4.78 is 29.6. The van der Waals surface area contributed by atoms with E-state index in [9.17, 15) is 8.78 Å². The molecule has 0 spiro atoms. The number of nitrogens with one attached hydrogen (secondary N) is 5. The quantitative estimate of drug-likeness (QED) is 0.0431. The van der Waals surface area contributed by atoms with E-state index in [1.165, 1.54) is 89.2 Å². The summed E-state index contributed by atoms with van der Waals surface area (Å²) in [6, 6.07) is 23.8. The number of benzene rings is 2. The Kier molecular flexibility index (Phi) is 20.9. The smallest absolute Gasteiger partial charge is 0.161 e. The third-order valence-electron chi connectivity index (χ3n) is 17.3. The maximum absolute atomic E-state index is 14.8. The molecule has 464 valence electrons. The van der Waals surface area contributed by atoms with Crippen molar-refractivity contribution in [1.29, 1.82) is 0 Å². The third kappa shape index (κ3) is 15.2. The minimum Gasteiger partial charge on any atom is -0.336 e. The second-order valence-electron chi connectivity index (χ2n) is 23.6. The van der Waals surface area contributed by atoms with E-state index in [4.69, 9.17) is 15.0 Å². The Morgan fingerprint density at radius 2 is 1.23 bits per heavy atom. The standard InChI is InChI=1S/C41H50FN7.C30H27FN8.C2H6/c1-5-30(26-43-27-31-12-7-8-13-31)22-33(6-2)28(3)15-16-36-29(4)38(48-47-36)41-45-37-17-18-44-39(40(37)46-41)34-23-32(24-35(42)25-34)14-11-21-49-19-9-10-20-49;31-21-17-19(6-5-15-39-13-3-4-14-39)16-20(18-21)26-27-24(10-12-33-26)35-30(36-27)29-28-25(37-38-29)9-8-23(34-28)22-7-1-2-11-32-22;1-2/h5-6,15-18,22-25,31,43,47H,1,4,7-14,19-21,26-27H2,2-3H3,(H,45,46);1-2,7-12,16-18H,3-6,13-15H2,(H,35,36)(H,37,38);1-2H3/b28-15+,30-22+,33-6+,36-16+;;. The predicted molar refractivity (Wildman–Crippen MR) is 361 cm³/mol. The number of nitrogens with zero attached hydrogens (tertiary/aromatic N) is 10. The lowest BCUT2D eigenvalue weighted by Gasteiger charge is -2.14. The number of H-pyrrole nitrogens is 4. The zero-order chi connectivity index (χ0) is 62.3. The molecule has 3 fully saturated rings. The average Bonchev–Trinajstić information content (AvgIpc) is 1.65. The highest BCUT2D eigenvalue weighted by Crippen LogP contribution is 2.33. The predicted octanol–water partition coefficient (Wildman–Crippen LogP) is 14.0. The number of fused-ring (bicyclic) bond motifs is 3. The van der Waals surface area contributed by atoms with Gasteiger partial charge in [-0.15, -0.1) is 0 Å². The SMILES string of the molecule is C=C\C(=C/C(=C\C)C(/C)=C/C=c1/[nH]nc(-c2nc3c(-c4cc(F)cc(CCCN5CCCC5)c4)nccc3[nH]2)c1=C)CNCC1CCCC1.CC.Fc1cc(CCCN2CCCC2)cc(-c2nccc3[nH]c(-c4n[nH]c5ccc(-c6ccccn6)nc45)nc23)c1. The minimum absolute atomic E-state index is 0.257. The molecule has 2 saturated heterocycles. The molecule has 2 aromatic carbocycles. The van der Waals surface area contributed by atoms with E-state index < -0.39 is 0 Å².